The van der Waals surface area contributed by atoms with Gasteiger partial charge in [0.2, 0.25) is 11.8 Å². The molecule has 2 aromatic rings. The number of allylic oxidation sites excluding steroid dienone is 2. The number of nitrogens with one attached hydrogen (secondary N) is 2. The summed E-state index contributed by atoms with van der Waals surface area (Å²) in [7, 11) is -17.6. The van der Waals surface area contributed by atoms with Crippen LogP contribution in [0.5, 0.6) is 0 Å². The molecule has 3 heterocycles. The van der Waals surface area contributed by atoms with Gasteiger partial charge in [0.15, 0.2) is 17.7 Å². The zero-order valence-corrected chi connectivity index (χ0v) is 36.6. The number of aliphatic hydroxyl groups excluding tert-OH is 3. The van der Waals surface area contributed by atoms with Crippen LogP contribution in [-0.2, 0) is 45.9 Å². The Hall–Kier alpha value is -2.41. The Morgan fingerprint density at radius 3 is 2.45 bits per heavy atom. The lowest BCUT2D eigenvalue weighted by molar-refractivity contribution is -0.347. The molecule has 1 aliphatic heterocycles. The molecule has 0 saturated carbocycles. The smallest absolute Gasteiger partial charge is 0.274 e. The number of nitrogens with zero attached hydrogens (tertiary/aromatic N) is 4. The monoisotopic (exact) mass is 931 g/mol. The predicted molar refractivity (Wildman–Crippen MR) is 207 cm³/mol. The number of carbonyl (C=O) groups excluding carboxylic acids is 2. The Balaban J connectivity index is 1.40. The molecule has 24 nitrogen and oxygen atoms in total. The van der Waals surface area contributed by atoms with Gasteiger partial charge in [0.1, 0.15) is 36.3 Å². The molecule has 7 N–H and O–H groups in total. The quantitative estimate of drug-likeness (QED) is 0.0335. The Morgan fingerprint density at radius 2 is 1.75 bits per heavy atom. The van der Waals surface area contributed by atoms with Crippen LogP contribution in [0.4, 0.5) is 5.82 Å². The number of phosphoric acid groups is 3. The van der Waals surface area contributed by atoms with Gasteiger partial charge in [-0.25, -0.2) is 19.3 Å². The molecule has 1 aliphatic rings. The average molecular weight is 932 g/mol. The maximum Gasteiger partial charge on any atom is 0.274 e. The molecule has 2 aromatic heterocycles. The number of amides is 2. The number of ether oxygens (including phenoxy) is 1. The number of nitrogen functional groups attached to an aromatic ring is 1. The highest BCUT2D eigenvalue weighted by Crippen LogP contribution is 2.56. The fourth-order valence-corrected chi connectivity index (χ4v) is 9.11. The van der Waals surface area contributed by atoms with Crippen molar-refractivity contribution < 1.29 is 80.8 Å². The van der Waals surface area contributed by atoms with Gasteiger partial charge in [0.25, 0.3) is 15.6 Å². The minimum atomic E-state index is -5.91. The van der Waals surface area contributed by atoms with E-state index in [0.717, 1.165) is 36.5 Å². The van der Waals surface area contributed by atoms with Crippen molar-refractivity contribution in [3.05, 3.63) is 24.8 Å². The summed E-state index contributed by atoms with van der Waals surface area (Å²) in [6.45, 7) is 2.46. The number of thioether (sulfide) groups is 1. The van der Waals surface area contributed by atoms with Gasteiger partial charge in [-0.3, -0.25) is 23.3 Å². The molecule has 342 valence electrons. The highest BCUT2D eigenvalue weighted by molar-refractivity contribution is 7.99. The van der Waals surface area contributed by atoms with Gasteiger partial charge in [-0.1, -0.05) is 45.8 Å². The number of phosphoric ester groups is 3. The summed E-state index contributed by atoms with van der Waals surface area (Å²) in [6.07, 6.45) is 2.25. The first-order valence-electron chi connectivity index (χ1n) is 18.8. The molecule has 0 aromatic carbocycles. The zero-order chi connectivity index (χ0) is 44.7. The van der Waals surface area contributed by atoms with E-state index >= 15 is 0 Å². The highest BCUT2D eigenvalue weighted by atomic mass is 32.2. The van der Waals surface area contributed by atoms with Crippen LogP contribution in [0.25, 0.3) is 11.2 Å². The van der Waals surface area contributed by atoms with Crippen LogP contribution in [0, 0.1) is 5.41 Å². The van der Waals surface area contributed by atoms with E-state index in [-0.39, 0.29) is 29.9 Å². The number of carbonyl (C=O) groups is 2. The number of imidazole rings is 1. The van der Waals surface area contributed by atoms with Crippen LogP contribution < -0.4 is 35.9 Å². The van der Waals surface area contributed by atoms with Crippen molar-refractivity contribution in [1.82, 2.24) is 30.2 Å². The Bertz CT molecular complexity index is 1870. The highest BCUT2D eigenvalue weighted by Gasteiger charge is 2.47. The molecule has 2 amide bonds. The van der Waals surface area contributed by atoms with Crippen LogP contribution in [0.2, 0.25) is 0 Å². The second-order valence-corrected chi connectivity index (χ2v) is 19.5. The molecule has 8 atom stereocenters. The van der Waals surface area contributed by atoms with Crippen molar-refractivity contribution in [2.75, 3.05) is 43.5 Å². The minimum absolute atomic E-state index is 0.0174. The van der Waals surface area contributed by atoms with E-state index in [1.807, 2.05) is 0 Å². The molecule has 1 saturated heterocycles. The maximum absolute atomic E-state index is 12.6. The summed E-state index contributed by atoms with van der Waals surface area (Å²) in [6, 6.07) is 0. The molecule has 0 aliphatic carbocycles. The third-order valence-corrected chi connectivity index (χ3v) is 12.9. The fraction of sp³-hybridized carbons (Fsp3) is 0.719. The predicted octanol–water partition coefficient (Wildman–Crippen LogP) is -1.11. The first-order valence-corrected chi connectivity index (χ1v) is 24.3. The minimum Gasteiger partial charge on any atom is -0.790 e. The average Bonchev–Trinajstić information content (AvgIpc) is 3.72. The van der Waals surface area contributed by atoms with E-state index < -0.39 is 90.7 Å². The van der Waals surface area contributed by atoms with Gasteiger partial charge in [0, 0.05) is 36.4 Å². The van der Waals surface area contributed by atoms with Crippen molar-refractivity contribution in [3.8, 4) is 0 Å². The second kappa shape index (κ2) is 23.9. The topological polar surface area (TPSA) is 378 Å². The fourth-order valence-electron chi connectivity index (χ4n) is 5.52. The number of aromatic nitrogens is 4. The summed E-state index contributed by atoms with van der Waals surface area (Å²) in [5, 5.41) is 36.5. The largest absolute Gasteiger partial charge is 0.790 e. The van der Waals surface area contributed by atoms with Gasteiger partial charge in [-0.2, -0.15) is 11.8 Å². The number of aliphatic hydroxyl groups is 3. The summed E-state index contributed by atoms with van der Waals surface area (Å²) < 4.78 is 60.7. The van der Waals surface area contributed by atoms with E-state index in [1.54, 1.807) is 0 Å². The molecule has 2 unspecified atom stereocenters. The molecular formula is C32H52N7O17P3S-4. The third-order valence-electron chi connectivity index (χ3n) is 8.74. The SMILES string of the molecule is CCCCC/C=C/CC[C@@H](O)CSCCNC(=O)CCNC(=O)[C@H](O)C(C)(C)COP(=O)([O-])OP(=O)([O-])OC[C@H]1O[C@@H](n2cnc3c(N)ncnc32)[C@H](O)[C@@H]1OP(=O)([O-])[O-]. The summed E-state index contributed by atoms with van der Waals surface area (Å²) in [5.74, 6) is -0.388. The first-order chi connectivity index (χ1) is 28.1. The van der Waals surface area contributed by atoms with Crippen LogP contribution >= 0.6 is 35.2 Å². The zero-order valence-electron chi connectivity index (χ0n) is 33.1. The van der Waals surface area contributed by atoms with Crippen molar-refractivity contribution in [2.45, 2.75) is 102 Å². The lowest BCUT2D eigenvalue weighted by Gasteiger charge is -2.36. The number of unbranched alkanes of at least 4 members (excludes halogenated alkanes) is 3. The van der Waals surface area contributed by atoms with E-state index in [2.05, 4.69) is 62.5 Å². The second-order valence-electron chi connectivity index (χ2n) is 14.3. The normalized spacial score (nSPS) is 21.8. The van der Waals surface area contributed by atoms with Gasteiger partial charge in [-0.15, -0.1) is 0 Å². The van der Waals surface area contributed by atoms with Gasteiger partial charge in [0.05, 0.1) is 33.5 Å². The molecule has 0 bridgehead atoms. The number of nitrogens with two attached hydrogens (primary N) is 1. The number of fused-ring (bicyclic) bond motifs is 1. The third kappa shape index (κ3) is 17.4. The number of hydrogen-bond donors (Lipinski definition) is 6. The summed E-state index contributed by atoms with van der Waals surface area (Å²) >= 11 is 1.48. The van der Waals surface area contributed by atoms with E-state index in [1.165, 1.54) is 38.5 Å². The standard InChI is InChI=1S/C32H56N7O17P3S/c1-4-5-6-7-8-9-10-11-21(40)17-60-15-14-34-23(41)12-13-35-30(44)27(43)32(2,3)18-53-59(50,51)56-58(48,49)52-16-22-26(55-57(45,46)47)25(42)31(54-22)39-20-38-24-28(33)36-19-37-29(24)39/h8-9,19-22,25-27,31,40,42-43H,4-7,10-18H2,1-3H3,(H,34,41)(H,35,44)(H,48,49)(H,50,51)(H2,33,36,37)(H2,45,46,47)/p-4/b9-8+/t21-,22-,25-,26-,27+,31-/m1/s1. The summed E-state index contributed by atoms with van der Waals surface area (Å²) in [4.78, 5) is 84.3. The number of rotatable bonds is 28. The number of hydrogen-bond acceptors (Lipinski definition) is 22. The summed E-state index contributed by atoms with van der Waals surface area (Å²) in [5.41, 5.74) is 4.10. The van der Waals surface area contributed by atoms with Crippen molar-refractivity contribution >= 4 is 64.0 Å². The van der Waals surface area contributed by atoms with Crippen LogP contribution in [0.1, 0.15) is 71.9 Å². The van der Waals surface area contributed by atoms with Crippen LogP contribution in [-0.4, -0.2) is 115 Å². The van der Waals surface area contributed by atoms with Crippen molar-refractivity contribution in [2.24, 2.45) is 5.41 Å². The van der Waals surface area contributed by atoms with E-state index in [0.29, 0.717) is 24.5 Å². The molecule has 0 radical (unpaired) electrons. The van der Waals surface area contributed by atoms with Gasteiger partial charge < -0.3 is 74.1 Å². The van der Waals surface area contributed by atoms with Crippen molar-refractivity contribution in [3.63, 3.8) is 0 Å². The molecule has 28 heteroatoms. The van der Waals surface area contributed by atoms with Crippen LogP contribution in [0.15, 0.2) is 24.8 Å². The number of anilines is 1. The van der Waals surface area contributed by atoms with Crippen LogP contribution in [0.3, 0.4) is 0 Å². The van der Waals surface area contributed by atoms with Crippen molar-refractivity contribution in [1.29, 1.82) is 0 Å². The molecular weight excluding hydrogens is 879 g/mol. The Morgan fingerprint density at radius 1 is 1.05 bits per heavy atom. The van der Waals surface area contributed by atoms with E-state index in [4.69, 9.17) is 10.5 Å². The van der Waals surface area contributed by atoms with Gasteiger partial charge in [-0.05, 0) is 25.7 Å². The Kier molecular flexibility index (Phi) is 20.7. The molecule has 1 fully saturated rings. The van der Waals surface area contributed by atoms with Gasteiger partial charge >= 0.3 is 0 Å². The lowest BCUT2D eigenvalue weighted by Crippen LogP contribution is -2.46. The lowest BCUT2D eigenvalue weighted by atomic mass is 9.87. The first kappa shape index (κ1) is 51.9. The molecule has 3 rings (SSSR count). The van der Waals surface area contributed by atoms with E-state index in [9.17, 15) is 58.2 Å². The maximum atomic E-state index is 12.6. The Labute approximate surface area is 350 Å². The molecule has 60 heavy (non-hydrogen) atoms. The molecule has 0 spiro atoms.